The molecule has 0 fully saturated rings. The molecule has 0 bridgehead atoms. The molecule has 24 heavy (non-hydrogen) atoms. The summed E-state index contributed by atoms with van der Waals surface area (Å²) in [7, 11) is 0. The van der Waals surface area contributed by atoms with Crippen LogP contribution in [0.3, 0.4) is 0 Å². The molecule has 0 saturated carbocycles. The topological polar surface area (TPSA) is 9.72 Å². The van der Waals surface area contributed by atoms with Crippen LogP contribution in [-0.2, 0) is 21.1 Å². The van der Waals surface area contributed by atoms with Crippen molar-refractivity contribution < 1.29 is 21.1 Å². The molecule has 0 N–H and O–H groups in total. The van der Waals surface area contributed by atoms with Gasteiger partial charge in [0.05, 0.1) is 0 Å². The summed E-state index contributed by atoms with van der Waals surface area (Å²) >= 11 is -3.17. The summed E-state index contributed by atoms with van der Waals surface area (Å²) in [5.74, 6) is 0.616. The maximum atomic E-state index is 2.90. The fraction of sp³-hybridized carbons (Fsp3) is 0.800. The summed E-state index contributed by atoms with van der Waals surface area (Å²) in [6.45, 7) is 25.9. The third kappa shape index (κ3) is 3.41. The monoisotopic (exact) mass is 413 g/mol. The quantitative estimate of drug-likeness (QED) is 0.478. The van der Waals surface area contributed by atoms with Crippen molar-refractivity contribution in [1.82, 2.24) is 8.53 Å². The Hall–Kier alpha value is 0.243. The number of allylic oxidation sites excluding steroid dienone is 4. The van der Waals surface area contributed by atoms with Crippen molar-refractivity contribution >= 4 is 0 Å². The third-order valence-electron chi connectivity index (χ3n) is 6.00. The summed E-state index contributed by atoms with van der Waals surface area (Å²) < 4.78 is 8.90. The van der Waals surface area contributed by atoms with Crippen molar-refractivity contribution in [1.29, 1.82) is 0 Å². The van der Waals surface area contributed by atoms with Gasteiger partial charge in [0, 0.05) is 0 Å². The second kappa shape index (κ2) is 9.81. The van der Waals surface area contributed by atoms with Gasteiger partial charge in [0.1, 0.15) is 0 Å². The summed E-state index contributed by atoms with van der Waals surface area (Å²) in [6, 6.07) is 0. The zero-order chi connectivity index (χ0) is 18.4. The molecule has 1 rings (SSSR count). The van der Waals surface area contributed by atoms with Crippen LogP contribution in [0.4, 0.5) is 0 Å². The molecule has 0 aromatic heterocycles. The summed E-state index contributed by atoms with van der Waals surface area (Å²) in [5, 5.41) is 0. The van der Waals surface area contributed by atoms with E-state index in [1.807, 2.05) is 0 Å². The van der Waals surface area contributed by atoms with Crippen molar-refractivity contribution in [2.24, 2.45) is 5.92 Å². The van der Waals surface area contributed by atoms with Crippen LogP contribution in [0.1, 0.15) is 55.4 Å². The summed E-state index contributed by atoms with van der Waals surface area (Å²) in [6.07, 6.45) is 9.73. The molecule has 0 radical (unpaired) electrons. The Morgan fingerprint density at radius 1 is 0.667 bits per heavy atom. The van der Waals surface area contributed by atoms with Crippen molar-refractivity contribution in [3.63, 3.8) is 0 Å². The van der Waals surface area contributed by atoms with Crippen LogP contribution in [0.25, 0.3) is 0 Å². The Bertz CT molecular complexity index is 375. The van der Waals surface area contributed by atoms with E-state index in [0.29, 0.717) is 5.92 Å². The second-order valence-corrected chi connectivity index (χ2v) is 16.9. The van der Waals surface area contributed by atoms with Gasteiger partial charge in [-0.1, -0.05) is 0 Å². The zero-order valence-electron chi connectivity index (χ0n) is 17.5. The average Bonchev–Trinajstić information content (AvgIpc) is 3.08. The van der Waals surface area contributed by atoms with Gasteiger partial charge in [-0.3, -0.25) is 0 Å². The number of rotatable bonds is 11. The molecule has 0 aromatic carbocycles. The predicted molar refractivity (Wildman–Crippen MR) is 105 cm³/mol. The number of hydrogen-bond acceptors (Lipinski definition) is 3. The van der Waals surface area contributed by atoms with Gasteiger partial charge in [0.25, 0.3) is 0 Å². The molecular formula is C20H41N3Zr. The Morgan fingerprint density at radius 2 is 0.958 bits per heavy atom. The molecule has 4 heteroatoms. The van der Waals surface area contributed by atoms with E-state index in [9.17, 15) is 0 Å². The number of hydrogen-bond donors (Lipinski definition) is 0. The minimum absolute atomic E-state index is 0.207. The molecule has 0 aromatic rings. The van der Waals surface area contributed by atoms with Crippen molar-refractivity contribution in [2.75, 3.05) is 39.3 Å². The molecule has 0 spiro atoms. The van der Waals surface area contributed by atoms with E-state index in [0.717, 1.165) is 39.3 Å². The number of nitrogens with zero attached hydrogens (tertiary/aromatic N) is 3. The first-order valence-electron chi connectivity index (χ1n) is 10.1. The molecule has 0 heterocycles. The predicted octanol–water partition coefficient (Wildman–Crippen LogP) is 4.85. The zero-order valence-corrected chi connectivity index (χ0v) is 19.9. The van der Waals surface area contributed by atoms with E-state index in [-0.39, 0.29) is 3.12 Å². The van der Waals surface area contributed by atoms with Crippen LogP contribution >= 0.6 is 0 Å². The van der Waals surface area contributed by atoms with E-state index < -0.39 is 21.1 Å². The molecule has 0 saturated heterocycles. The minimum atomic E-state index is -3.17. The van der Waals surface area contributed by atoms with Crippen LogP contribution in [0.2, 0.25) is 3.12 Å². The molecule has 3 nitrogen and oxygen atoms in total. The van der Waals surface area contributed by atoms with E-state index in [2.05, 4.69) is 88.2 Å². The van der Waals surface area contributed by atoms with Gasteiger partial charge in [-0.2, -0.15) is 0 Å². The first-order chi connectivity index (χ1) is 11.5. The van der Waals surface area contributed by atoms with Crippen molar-refractivity contribution in [3.8, 4) is 0 Å². The van der Waals surface area contributed by atoms with Gasteiger partial charge in [-0.15, -0.1) is 0 Å². The molecule has 0 unspecified atom stereocenters. The summed E-state index contributed by atoms with van der Waals surface area (Å²) in [4.78, 5) is 0. The van der Waals surface area contributed by atoms with Crippen molar-refractivity contribution in [3.05, 3.63) is 24.3 Å². The summed E-state index contributed by atoms with van der Waals surface area (Å²) in [5.41, 5.74) is 0. The van der Waals surface area contributed by atoms with Gasteiger partial charge in [0.15, 0.2) is 0 Å². The normalized spacial score (nSPS) is 17.2. The Morgan fingerprint density at radius 3 is 1.17 bits per heavy atom. The third-order valence-corrected chi connectivity index (χ3v) is 22.3. The maximum absolute atomic E-state index is 3.17. The van der Waals surface area contributed by atoms with E-state index in [1.165, 1.54) is 0 Å². The van der Waals surface area contributed by atoms with Crippen molar-refractivity contribution in [2.45, 2.75) is 58.5 Å². The van der Waals surface area contributed by atoms with Gasteiger partial charge in [0.2, 0.25) is 0 Å². The first kappa shape index (κ1) is 22.3. The van der Waals surface area contributed by atoms with Crippen LogP contribution < -0.4 is 0 Å². The molecule has 1 aliphatic rings. The molecule has 0 aliphatic heterocycles. The molecule has 0 amide bonds. The van der Waals surface area contributed by atoms with Gasteiger partial charge < -0.3 is 0 Å². The van der Waals surface area contributed by atoms with E-state index >= 15 is 0 Å². The SMILES string of the molecule is CC[N](CC)[Zr]([N](CC)CC)([N](CC)CC)[C]1(C(C)C)C=CC=C1. The Balaban J connectivity index is 3.80. The van der Waals surface area contributed by atoms with Crippen LogP contribution in [0.15, 0.2) is 24.3 Å². The standard InChI is InChI=1S/C8H11.3C4H10N.Zr/c1-7(2)8-5-3-4-6-8;3*1-3-5-4-2;/h3-7H,1-2H3;3*3-4H2,1-2H3;/q;3*-1;+3. The molecule has 140 valence electrons. The van der Waals surface area contributed by atoms with E-state index in [1.54, 1.807) is 0 Å². The Kier molecular flexibility index (Phi) is 9.11. The Labute approximate surface area is 157 Å². The molecule has 1 aliphatic carbocycles. The van der Waals surface area contributed by atoms with E-state index in [4.69, 9.17) is 0 Å². The van der Waals surface area contributed by atoms with Crippen LogP contribution in [-0.4, -0.2) is 47.8 Å². The van der Waals surface area contributed by atoms with Gasteiger partial charge in [-0.25, -0.2) is 0 Å². The second-order valence-electron chi connectivity index (χ2n) is 6.96. The fourth-order valence-electron chi connectivity index (χ4n) is 4.90. The molecular weight excluding hydrogens is 373 g/mol. The first-order valence-corrected chi connectivity index (χ1v) is 14.6. The fourth-order valence-corrected chi connectivity index (χ4v) is 21.9. The van der Waals surface area contributed by atoms with Gasteiger partial charge >= 0.3 is 158 Å². The van der Waals surface area contributed by atoms with Crippen LogP contribution in [0, 0.1) is 5.92 Å². The van der Waals surface area contributed by atoms with Crippen LogP contribution in [0.5, 0.6) is 0 Å². The molecule has 0 atom stereocenters. The average molecular weight is 415 g/mol. The van der Waals surface area contributed by atoms with Gasteiger partial charge in [-0.05, 0) is 0 Å².